The molecule has 7 nitrogen and oxygen atoms in total. The molecule has 0 radical (unpaired) electrons. The van der Waals surface area contributed by atoms with Crippen molar-refractivity contribution in [1.82, 2.24) is 19.9 Å². The van der Waals surface area contributed by atoms with Gasteiger partial charge in [0.05, 0.1) is 16.6 Å². The van der Waals surface area contributed by atoms with Crippen molar-refractivity contribution < 1.29 is 14.6 Å². The van der Waals surface area contributed by atoms with Gasteiger partial charge in [0.15, 0.2) is 5.78 Å². The molecular weight excluding hydrogens is 296 g/mol. The number of allylic oxidation sites excluding steroid dienone is 1. The van der Waals surface area contributed by atoms with Gasteiger partial charge in [-0.3, -0.25) is 4.79 Å². The summed E-state index contributed by atoms with van der Waals surface area (Å²) in [5.74, 6) is 0.128. The van der Waals surface area contributed by atoms with Gasteiger partial charge in [-0.15, -0.1) is 0 Å². The Morgan fingerprint density at radius 3 is 2.83 bits per heavy atom. The quantitative estimate of drug-likeness (QED) is 0.592. The van der Waals surface area contributed by atoms with Crippen molar-refractivity contribution in [2.24, 2.45) is 0 Å². The second kappa shape index (κ2) is 6.89. The number of ether oxygens (including phenoxy) is 1. The van der Waals surface area contributed by atoms with Gasteiger partial charge >= 0.3 is 0 Å². The van der Waals surface area contributed by atoms with E-state index < -0.39 is 5.60 Å². The average Bonchev–Trinajstić information content (AvgIpc) is 2.88. The monoisotopic (exact) mass is 318 g/mol. The molecule has 2 rings (SSSR count). The van der Waals surface area contributed by atoms with Crippen molar-refractivity contribution in [3.05, 3.63) is 30.2 Å². The van der Waals surface area contributed by atoms with Crippen molar-refractivity contribution in [3.8, 4) is 5.88 Å². The van der Waals surface area contributed by atoms with E-state index in [4.69, 9.17) is 4.74 Å². The van der Waals surface area contributed by atoms with Gasteiger partial charge in [0, 0.05) is 12.7 Å². The Morgan fingerprint density at radius 1 is 1.43 bits per heavy atom. The molecular formula is C16H22N4O3. The Morgan fingerprint density at radius 2 is 2.17 bits per heavy atom. The summed E-state index contributed by atoms with van der Waals surface area (Å²) in [5, 5.41) is 10.3. The van der Waals surface area contributed by atoms with Crippen LogP contribution in [-0.2, 0) is 0 Å². The van der Waals surface area contributed by atoms with Crippen LogP contribution in [0.4, 0.5) is 0 Å². The number of aromatic nitrogens is 3. The van der Waals surface area contributed by atoms with Gasteiger partial charge in [0.2, 0.25) is 5.88 Å². The van der Waals surface area contributed by atoms with Crippen LogP contribution in [0.2, 0.25) is 0 Å². The molecule has 2 aromatic rings. The zero-order valence-electron chi connectivity index (χ0n) is 13.8. The third-order valence-electron chi connectivity index (χ3n) is 3.00. The maximum atomic E-state index is 12.4. The van der Waals surface area contributed by atoms with Gasteiger partial charge < -0.3 is 19.7 Å². The first-order valence-electron chi connectivity index (χ1n) is 7.31. The number of likely N-dealkylation sites (N-methyl/N-ethyl adjacent to an activating group) is 1. The molecule has 0 unspecified atom stereocenters. The fraction of sp³-hybridized carbons (Fsp3) is 0.438. The minimum absolute atomic E-state index is 0.0639. The largest absolute Gasteiger partial charge is 0.474 e. The van der Waals surface area contributed by atoms with Gasteiger partial charge in [-0.25, -0.2) is 9.97 Å². The first-order valence-corrected chi connectivity index (χ1v) is 7.31. The number of aromatic amines is 1. The highest BCUT2D eigenvalue weighted by Crippen LogP contribution is 2.26. The fourth-order valence-electron chi connectivity index (χ4n) is 1.94. The van der Waals surface area contributed by atoms with Crippen LogP contribution in [0.25, 0.3) is 11.0 Å². The minimum Gasteiger partial charge on any atom is -0.474 e. The van der Waals surface area contributed by atoms with Crippen LogP contribution in [0, 0.1) is 0 Å². The number of nitrogens with zero attached hydrogens (tertiary/aromatic N) is 3. The van der Waals surface area contributed by atoms with Crippen LogP contribution < -0.4 is 4.74 Å². The third-order valence-corrected chi connectivity index (χ3v) is 3.00. The number of aliphatic hydroxyl groups is 1. The summed E-state index contributed by atoms with van der Waals surface area (Å²) < 4.78 is 5.57. The molecule has 2 aromatic heterocycles. The van der Waals surface area contributed by atoms with E-state index in [1.54, 1.807) is 26.1 Å². The number of carbonyl (C=O) groups is 1. The van der Waals surface area contributed by atoms with Crippen LogP contribution in [-0.4, -0.2) is 63.6 Å². The highest BCUT2D eigenvalue weighted by molar-refractivity contribution is 6.13. The van der Waals surface area contributed by atoms with E-state index in [9.17, 15) is 9.90 Å². The number of rotatable bonds is 7. The van der Waals surface area contributed by atoms with Gasteiger partial charge in [0.25, 0.3) is 0 Å². The Kier molecular flexibility index (Phi) is 5.12. The molecule has 7 heteroatoms. The van der Waals surface area contributed by atoms with Gasteiger partial charge in [-0.2, -0.15) is 0 Å². The second-order valence-corrected chi connectivity index (χ2v) is 6.23. The van der Waals surface area contributed by atoms with Crippen molar-refractivity contribution in [3.63, 3.8) is 0 Å². The van der Waals surface area contributed by atoms with E-state index in [0.717, 1.165) is 0 Å². The number of fused-ring (bicyclic) bond motifs is 1. The molecule has 0 bridgehead atoms. The first-order chi connectivity index (χ1) is 10.8. The Labute approximate surface area is 135 Å². The van der Waals surface area contributed by atoms with Crippen molar-refractivity contribution >= 4 is 16.8 Å². The SMILES string of the molecule is CN(C)C/C=C/C(=O)c1c[nH]c2ncnc(OCC(C)(C)O)c12. The van der Waals surface area contributed by atoms with Gasteiger partial charge in [-0.1, -0.05) is 6.08 Å². The number of ketones is 1. The molecule has 23 heavy (non-hydrogen) atoms. The van der Waals surface area contributed by atoms with Gasteiger partial charge in [-0.05, 0) is 34.0 Å². The van der Waals surface area contributed by atoms with Gasteiger partial charge in [0.1, 0.15) is 18.6 Å². The van der Waals surface area contributed by atoms with E-state index in [1.807, 2.05) is 19.0 Å². The lowest BCUT2D eigenvalue weighted by molar-refractivity contribution is 0.0274. The Hall–Kier alpha value is -2.25. The van der Waals surface area contributed by atoms with E-state index in [-0.39, 0.29) is 18.3 Å². The summed E-state index contributed by atoms with van der Waals surface area (Å²) >= 11 is 0. The zero-order chi connectivity index (χ0) is 17.0. The predicted molar refractivity (Wildman–Crippen MR) is 87.7 cm³/mol. The Bertz CT molecular complexity index is 714. The number of hydrogen-bond acceptors (Lipinski definition) is 6. The number of nitrogens with one attached hydrogen (secondary N) is 1. The molecule has 0 fully saturated rings. The highest BCUT2D eigenvalue weighted by atomic mass is 16.5. The molecule has 0 aliphatic heterocycles. The molecule has 124 valence electrons. The summed E-state index contributed by atoms with van der Waals surface area (Å²) in [6.07, 6.45) is 6.27. The van der Waals surface area contributed by atoms with Crippen LogP contribution in [0.1, 0.15) is 24.2 Å². The number of H-pyrrole nitrogens is 1. The molecule has 2 heterocycles. The second-order valence-electron chi connectivity index (χ2n) is 6.23. The van der Waals surface area contributed by atoms with E-state index in [0.29, 0.717) is 23.1 Å². The normalized spacial score (nSPS) is 12.4. The summed E-state index contributed by atoms with van der Waals surface area (Å²) in [6, 6.07) is 0. The van der Waals surface area contributed by atoms with Crippen LogP contribution >= 0.6 is 0 Å². The number of carbonyl (C=O) groups excluding carboxylic acids is 1. The summed E-state index contributed by atoms with van der Waals surface area (Å²) in [5.41, 5.74) is -0.0277. The molecule has 0 saturated carbocycles. The fourth-order valence-corrected chi connectivity index (χ4v) is 1.94. The van der Waals surface area contributed by atoms with Crippen LogP contribution in [0.15, 0.2) is 24.7 Å². The lowest BCUT2D eigenvalue weighted by atomic mass is 10.1. The van der Waals surface area contributed by atoms with Crippen molar-refractivity contribution in [2.45, 2.75) is 19.4 Å². The molecule has 0 saturated heterocycles. The van der Waals surface area contributed by atoms with E-state index >= 15 is 0 Å². The molecule has 0 aliphatic rings. The van der Waals surface area contributed by atoms with Crippen molar-refractivity contribution in [1.29, 1.82) is 0 Å². The molecule has 2 N–H and O–H groups in total. The van der Waals surface area contributed by atoms with E-state index in [2.05, 4.69) is 15.0 Å². The lowest BCUT2D eigenvalue weighted by Gasteiger charge is -2.17. The average molecular weight is 318 g/mol. The molecule has 0 aliphatic carbocycles. The third kappa shape index (κ3) is 4.61. The Balaban J connectivity index is 2.30. The summed E-state index contributed by atoms with van der Waals surface area (Å²) in [6.45, 7) is 4.01. The number of hydrogen-bond donors (Lipinski definition) is 2. The summed E-state index contributed by atoms with van der Waals surface area (Å²) in [4.78, 5) is 25.5. The molecule has 0 amide bonds. The standard InChI is InChI=1S/C16H22N4O3/c1-16(2,22)9-23-15-13-11(8-17-14(13)18-10-19-15)12(21)6-5-7-20(3)4/h5-6,8,10,22H,7,9H2,1-4H3,(H,17,18,19)/b6-5+. The minimum atomic E-state index is -0.997. The first kappa shape index (κ1) is 17.1. The van der Waals surface area contributed by atoms with Crippen LogP contribution in [0.5, 0.6) is 5.88 Å². The molecule has 0 aromatic carbocycles. The summed E-state index contributed by atoms with van der Waals surface area (Å²) in [7, 11) is 3.86. The van der Waals surface area contributed by atoms with E-state index in [1.165, 1.54) is 12.4 Å². The van der Waals surface area contributed by atoms with Crippen LogP contribution in [0.3, 0.4) is 0 Å². The maximum Gasteiger partial charge on any atom is 0.226 e. The topological polar surface area (TPSA) is 91.3 Å². The molecule has 0 spiro atoms. The molecule has 0 atom stereocenters. The predicted octanol–water partition coefficient (Wildman–Crippen LogP) is 1.41. The highest BCUT2D eigenvalue weighted by Gasteiger charge is 2.19. The van der Waals surface area contributed by atoms with Crippen molar-refractivity contribution in [2.75, 3.05) is 27.2 Å². The zero-order valence-corrected chi connectivity index (χ0v) is 13.8. The lowest BCUT2D eigenvalue weighted by Crippen LogP contribution is -2.28. The smallest absolute Gasteiger partial charge is 0.226 e. The maximum absolute atomic E-state index is 12.4.